The van der Waals surface area contributed by atoms with Gasteiger partial charge in [-0.1, -0.05) is 0 Å². The van der Waals surface area contributed by atoms with Crippen molar-refractivity contribution in [2.75, 3.05) is 46.9 Å². The number of methoxy groups -OCH3 is 1. The maximum atomic E-state index is 5.90. The van der Waals surface area contributed by atoms with E-state index in [0.717, 1.165) is 57.2 Å². The van der Waals surface area contributed by atoms with Gasteiger partial charge in [0.1, 0.15) is 17.6 Å². The zero-order valence-corrected chi connectivity index (χ0v) is 16.4. The Labute approximate surface area is 152 Å². The molecule has 0 spiro atoms. The van der Waals surface area contributed by atoms with E-state index in [1.807, 2.05) is 0 Å². The van der Waals surface area contributed by atoms with Gasteiger partial charge in [-0.05, 0) is 40.0 Å². The van der Waals surface area contributed by atoms with Crippen molar-refractivity contribution in [1.82, 2.24) is 15.1 Å². The van der Waals surface area contributed by atoms with Gasteiger partial charge in [0, 0.05) is 62.4 Å². The normalized spacial score (nSPS) is 21.9. The topological polar surface area (TPSA) is 37.0 Å². The Balaban J connectivity index is 1.59. The van der Waals surface area contributed by atoms with Crippen molar-refractivity contribution >= 4 is 0 Å². The van der Waals surface area contributed by atoms with Crippen LogP contribution in [0.15, 0.2) is 12.1 Å². The van der Waals surface area contributed by atoms with Gasteiger partial charge in [0.15, 0.2) is 0 Å². The third kappa shape index (κ3) is 4.27. The first-order valence-corrected chi connectivity index (χ1v) is 9.40. The molecule has 0 saturated carbocycles. The number of ether oxygens (including phenoxy) is 2. The molecule has 1 unspecified atom stereocenters. The molecule has 2 aliphatic rings. The number of likely N-dealkylation sites (N-methyl/N-ethyl adjacent to an activating group) is 1. The maximum Gasteiger partial charge on any atom is 0.123 e. The van der Waals surface area contributed by atoms with Gasteiger partial charge in [0.25, 0.3) is 0 Å². The zero-order valence-electron chi connectivity index (χ0n) is 16.4. The number of benzene rings is 1. The Kier molecular flexibility index (Phi) is 5.56. The summed E-state index contributed by atoms with van der Waals surface area (Å²) in [5.74, 6) is 1.98. The highest BCUT2D eigenvalue weighted by atomic mass is 16.5. The summed E-state index contributed by atoms with van der Waals surface area (Å²) < 4.78 is 11.5. The number of hydrogen-bond donors (Lipinski definition) is 1. The minimum atomic E-state index is 0.149. The van der Waals surface area contributed by atoms with Crippen LogP contribution in [0.5, 0.6) is 11.5 Å². The lowest BCUT2D eigenvalue weighted by Gasteiger charge is -2.43. The molecule has 25 heavy (non-hydrogen) atoms. The molecular weight excluding hydrogens is 314 g/mol. The van der Waals surface area contributed by atoms with Crippen molar-refractivity contribution in [1.29, 1.82) is 0 Å². The molecule has 0 amide bonds. The zero-order chi connectivity index (χ0) is 18.0. The molecule has 1 aromatic rings. The highest BCUT2D eigenvalue weighted by molar-refractivity contribution is 5.48. The predicted molar refractivity (Wildman–Crippen MR) is 102 cm³/mol. The Morgan fingerprint density at radius 1 is 1.24 bits per heavy atom. The molecule has 0 bridgehead atoms. The second-order valence-electron chi connectivity index (χ2n) is 8.11. The SMILES string of the molecule is COc1cc2c(cc1CNCC(C)(C)N1CCN(C)CC1)OC(C)C2. The second kappa shape index (κ2) is 7.52. The fraction of sp³-hybridized carbons (Fsp3) is 0.700. The average molecular weight is 348 g/mol. The Bertz CT molecular complexity index is 595. The van der Waals surface area contributed by atoms with Gasteiger partial charge >= 0.3 is 0 Å². The van der Waals surface area contributed by atoms with Crippen molar-refractivity contribution in [2.45, 2.75) is 45.4 Å². The minimum Gasteiger partial charge on any atom is -0.496 e. The molecule has 1 N–H and O–H groups in total. The van der Waals surface area contributed by atoms with Gasteiger partial charge in [-0.2, -0.15) is 0 Å². The lowest BCUT2D eigenvalue weighted by molar-refractivity contribution is 0.0617. The smallest absolute Gasteiger partial charge is 0.123 e. The number of fused-ring (bicyclic) bond motifs is 1. The van der Waals surface area contributed by atoms with Gasteiger partial charge < -0.3 is 19.7 Å². The molecule has 5 heteroatoms. The van der Waals surface area contributed by atoms with E-state index in [2.05, 4.69) is 55.1 Å². The fourth-order valence-corrected chi connectivity index (χ4v) is 3.84. The molecule has 140 valence electrons. The van der Waals surface area contributed by atoms with Gasteiger partial charge in [0.2, 0.25) is 0 Å². The third-order valence-corrected chi connectivity index (χ3v) is 5.53. The molecule has 2 aliphatic heterocycles. The summed E-state index contributed by atoms with van der Waals surface area (Å²) >= 11 is 0. The third-order valence-electron chi connectivity index (χ3n) is 5.53. The largest absolute Gasteiger partial charge is 0.496 e. The van der Waals surface area contributed by atoms with E-state index in [1.54, 1.807) is 7.11 Å². The Morgan fingerprint density at radius 3 is 2.64 bits per heavy atom. The van der Waals surface area contributed by atoms with E-state index in [9.17, 15) is 0 Å². The fourth-order valence-electron chi connectivity index (χ4n) is 3.84. The van der Waals surface area contributed by atoms with Crippen molar-refractivity contribution in [3.05, 3.63) is 23.3 Å². The van der Waals surface area contributed by atoms with Crippen LogP contribution in [0.25, 0.3) is 0 Å². The first-order chi connectivity index (χ1) is 11.9. The van der Waals surface area contributed by atoms with E-state index < -0.39 is 0 Å². The minimum absolute atomic E-state index is 0.149. The van der Waals surface area contributed by atoms with Crippen molar-refractivity contribution in [3.8, 4) is 11.5 Å². The molecule has 5 nitrogen and oxygen atoms in total. The van der Waals surface area contributed by atoms with E-state index >= 15 is 0 Å². The van der Waals surface area contributed by atoms with Crippen LogP contribution in [0.2, 0.25) is 0 Å². The van der Waals surface area contributed by atoms with E-state index in [4.69, 9.17) is 9.47 Å². The number of nitrogens with zero attached hydrogens (tertiary/aromatic N) is 2. The lowest BCUT2D eigenvalue weighted by atomic mass is 10.0. The Hall–Kier alpha value is -1.30. The standard InChI is InChI=1S/C20H33N3O2/c1-15-10-16-11-18(24-5)17(12-19(16)25-15)13-21-14-20(2,3)23-8-6-22(4)7-9-23/h11-12,15,21H,6-10,13-14H2,1-5H3. The molecule has 1 atom stereocenters. The number of rotatable bonds is 6. The predicted octanol–water partition coefficient (Wildman–Crippen LogP) is 2.13. The van der Waals surface area contributed by atoms with Crippen LogP contribution in [0, 0.1) is 0 Å². The van der Waals surface area contributed by atoms with Crippen LogP contribution in [-0.4, -0.2) is 68.3 Å². The molecule has 3 rings (SSSR count). The van der Waals surface area contributed by atoms with Crippen molar-refractivity contribution in [3.63, 3.8) is 0 Å². The van der Waals surface area contributed by atoms with Crippen LogP contribution in [0.3, 0.4) is 0 Å². The quantitative estimate of drug-likeness (QED) is 0.853. The number of nitrogens with one attached hydrogen (secondary N) is 1. The maximum absolute atomic E-state index is 5.90. The van der Waals surface area contributed by atoms with Crippen molar-refractivity contribution < 1.29 is 9.47 Å². The highest BCUT2D eigenvalue weighted by Gasteiger charge is 2.29. The average Bonchev–Trinajstić information content (AvgIpc) is 2.93. The monoisotopic (exact) mass is 347 g/mol. The summed E-state index contributed by atoms with van der Waals surface area (Å²) in [7, 11) is 3.95. The van der Waals surface area contributed by atoms with E-state index in [-0.39, 0.29) is 11.6 Å². The first-order valence-electron chi connectivity index (χ1n) is 9.40. The number of hydrogen-bond acceptors (Lipinski definition) is 5. The highest BCUT2D eigenvalue weighted by Crippen LogP contribution is 2.35. The van der Waals surface area contributed by atoms with Gasteiger partial charge in [-0.3, -0.25) is 4.90 Å². The van der Waals surface area contributed by atoms with Crippen LogP contribution in [0.1, 0.15) is 31.9 Å². The summed E-state index contributed by atoms with van der Waals surface area (Å²) in [6, 6.07) is 4.29. The van der Waals surface area contributed by atoms with Gasteiger partial charge in [0.05, 0.1) is 7.11 Å². The first kappa shape index (κ1) is 18.5. The van der Waals surface area contributed by atoms with Crippen LogP contribution in [-0.2, 0) is 13.0 Å². The van der Waals surface area contributed by atoms with E-state index in [0.29, 0.717) is 0 Å². The molecule has 1 aromatic carbocycles. The summed E-state index contributed by atoms with van der Waals surface area (Å²) in [6.07, 6.45) is 1.23. The summed E-state index contributed by atoms with van der Waals surface area (Å²) in [5.41, 5.74) is 2.58. The molecule has 0 aromatic heterocycles. The number of piperazine rings is 1. The van der Waals surface area contributed by atoms with Crippen molar-refractivity contribution in [2.24, 2.45) is 0 Å². The molecule has 0 radical (unpaired) electrons. The van der Waals surface area contributed by atoms with Gasteiger partial charge in [-0.15, -0.1) is 0 Å². The summed E-state index contributed by atoms with van der Waals surface area (Å²) in [5, 5.41) is 3.64. The van der Waals surface area contributed by atoms with Crippen LogP contribution < -0.4 is 14.8 Å². The van der Waals surface area contributed by atoms with E-state index in [1.165, 1.54) is 11.1 Å². The Morgan fingerprint density at radius 2 is 1.96 bits per heavy atom. The molecule has 0 aliphatic carbocycles. The van der Waals surface area contributed by atoms with Gasteiger partial charge in [-0.25, -0.2) is 0 Å². The molecular formula is C20H33N3O2. The summed E-state index contributed by atoms with van der Waals surface area (Å²) in [6.45, 7) is 13.1. The van der Waals surface area contributed by atoms with Crippen LogP contribution in [0.4, 0.5) is 0 Å². The molecule has 2 heterocycles. The van der Waals surface area contributed by atoms with Crippen LogP contribution >= 0.6 is 0 Å². The molecule has 1 saturated heterocycles. The second-order valence-corrected chi connectivity index (χ2v) is 8.11. The molecule has 1 fully saturated rings. The lowest BCUT2D eigenvalue weighted by Crippen LogP contribution is -2.57. The summed E-state index contributed by atoms with van der Waals surface area (Å²) in [4.78, 5) is 4.99.